The molecule has 4 aromatic rings. The van der Waals surface area contributed by atoms with E-state index in [1.54, 1.807) is 0 Å². The Morgan fingerprint density at radius 1 is 1.05 bits per heavy atom. The number of fused-ring (bicyclic) bond motifs is 2. The van der Waals surface area contributed by atoms with Gasteiger partial charge in [0.2, 0.25) is 6.79 Å². The molecule has 1 unspecified atom stereocenters. The summed E-state index contributed by atoms with van der Waals surface area (Å²) in [4.78, 5) is 18.3. The molecular weight excluding hydrogens is 472 g/mol. The van der Waals surface area contributed by atoms with Gasteiger partial charge in [0.1, 0.15) is 0 Å². The Labute approximate surface area is 214 Å². The van der Waals surface area contributed by atoms with Gasteiger partial charge in [0.15, 0.2) is 17.3 Å². The van der Waals surface area contributed by atoms with Gasteiger partial charge in [-0.1, -0.05) is 19.1 Å². The van der Waals surface area contributed by atoms with Crippen molar-refractivity contribution in [2.24, 2.45) is 0 Å². The molecule has 1 N–H and O–H groups in total. The maximum atomic E-state index is 13.0. The van der Waals surface area contributed by atoms with Crippen molar-refractivity contribution in [3.8, 4) is 11.5 Å². The third-order valence-corrected chi connectivity index (χ3v) is 7.00. The van der Waals surface area contributed by atoms with Gasteiger partial charge in [0, 0.05) is 30.8 Å². The van der Waals surface area contributed by atoms with Crippen LogP contribution in [0.15, 0.2) is 47.3 Å². The van der Waals surface area contributed by atoms with E-state index in [2.05, 4.69) is 44.5 Å². The predicted octanol–water partition coefficient (Wildman–Crippen LogP) is 3.19. The molecule has 0 bridgehead atoms. The summed E-state index contributed by atoms with van der Waals surface area (Å²) in [6.07, 6.45) is 3.13. The SMILES string of the molecule is CCc1ccc2[nH]c(=O)c(CN(Cc3ccc4c(c3)OCO4)Cc3nnnn3CC3CCCO3)cc2c1. The van der Waals surface area contributed by atoms with E-state index in [1.165, 1.54) is 5.56 Å². The molecule has 0 aliphatic carbocycles. The summed E-state index contributed by atoms with van der Waals surface area (Å²) in [7, 11) is 0. The van der Waals surface area contributed by atoms with E-state index in [4.69, 9.17) is 14.2 Å². The molecule has 2 aromatic carbocycles. The van der Waals surface area contributed by atoms with Crippen molar-refractivity contribution in [3.63, 3.8) is 0 Å². The highest BCUT2D eigenvalue weighted by molar-refractivity contribution is 5.79. The van der Waals surface area contributed by atoms with Crippen molar-refractivity contribution < 1.29 is 14.2 Å². The van der Waals surface area contributed by atoms with Crippen molar-refractivity contribution >= 4 is 10.9 Å². The van der Waals surface area contributed by atoms with Gasteiger partial charge in [-0.25, -0.2) is 4.68 Å². The second-order valence-electron chi connectivity index (χ2n) is 9.64. The molecule has 4 heterocycles. The maximum absolute atomic E-state index is 13.0. The number of ether oxygens (including phenoxy) is 3. The molecular formula is C27H30N6O4. The number of hydrogen-bond donors (Lipinski definition) is 1. The van der Waals surface area contributed by atoms with E-state index in [0.717, 1.165) is 59.7 Å². The lowest BCUT2D eigenvalue weighted by atomic mass is 10.1. The molecule has 1 saturated heterocycles. The minimum atomic E-state index is -0.0913. The number of H-pyrrole nitrogens is 1. The first-order valence-electron chi connectivity index (χ1n) is 12.8. The van der Waals surface area contributed by atoms with Crippen LogP contribution in [0.4, 0.5) is 0 Å². The highest BCUT2D eigenvalue weighted by atomic mass is 16.7. The van der Waals surface area contributed by atoms with Crippen molar-refractivity contribution in [2.45, 2.75) is 58.5 Å². The largest absolute Gasteiger partial charge is 0.454 e. The standard InChI is InChI=1S/C27H30N6O4/c1-2-18-5-7-23-20(10-18)12-21(27(34)28-23)14-32(13-19-6-8-24-25(11-19)37-17-36-24)16-26-29-30-31-33(26)15-22-4-3-9-35-22/h5-8,10-12,22H,2-4,9,13-17H2,1H3,(H,28,34). The molecule has 1 atom stereocenters. The first-order chi connectivity index (χ1) is 18.1. The lowest BCUT2D eigenvalue weighted by molar-refractivity contribution is 0.0914. The average molecular weight is 503 g/mol. The maximum Gasteiger partial charge on any atom is 0.252 e. The minimum Gasteiger partial charge on any atom is -0.454 e. The van der Waals surface area contributed by atoms with Gasteiger partial charge < -0.3 is 19.2 Å². The monoisotopic (exact) mass is 502 g/mol. The molecule has 0 spiro atoms. The van der Waals surface area contributed by atoms with Crippen molar-refractivity contribution in [1.29, 1.82) is 0 Å². The van der Waals surface area contributed by atoms with E-state index < -0.39 is 0 Å². The van der Waals surface area contributed by atoms with Gasteiger partial charge in [-0.15, -0.1) is 5.10 Å². The highest BCUT2D eigenvalue weighted by Gasteiger charge is 2.21. The zero-order valence-electron chi connectivity index (χ0n) is 20.9. The Balaban J connectivity index is 1.29. The van der Waals surface area contributed by atoms with Crippen LogP contribution < -0.4 is 15.0 Å². The van der Waals surface area contributed by atoms with Crippen LogP contribution in [0.5, 0.6) is 11.5 Å². The van der Waals surface area contributed by atoms with Crippen molar-refractivity contribution in [3.05, 3.63) is 75.3 Å². The van der Waals surface area contributed by atoms with E-state index in [-0.39, 0.29) is 18.5 Å². The molecule has 2 aliphatic rings. The van der Waals surface area contributed by atoms with Gasteiger partial charge in [0.05, 0.1) is 19.2 Å². The number of tetrazole rings is 1. The van der Waals surface area contributed by atoms with Crippen LogP contribution in [-0.2, 0) is 37.3 Å². The van der Waals surface area contributed by atoms with Crippen LogP contribution in [0.2, 0.25) is 0 Å². The summed E-state index contributed by atoms with van der Waals surface area (Å²) in [6.45, 7) is 5.24. The van der Waals surface area contributed by atoms with Crippen LogP contribution in [0, 0.1) is 0 Å². The molecule has 1 fully saturated rings. The summed E-state index contributed by atoms with van der Waals surface area (Å²) < 4.78 is 18.7. The number of aromatic amines is 1. The average Bonchev–Trinajstić information content (AvgIpc) is 3.67. The Bertz CT molecular complexity index is 1460. The molecule has 0 radical (unpaired) electrons. The van der Waals surface area contributed by atoms with Crippen LogP contribution >= 0.6 is 0 Å². The second-order valence-corrected chi connectivity index (χ2v) is 9.64. The van der Waals surface area contributed by atoms with Crippen LogP contribution in [-0.4, -0.2) is 49.6 Å². The fourth-order valence-electron chi connectivity index (χ4n) is 5.00. The van der Waals surface area contributed by atoms with Crippen molar-refractivity contribution in [2.75, 3.05) is 13.4 Å². The van der Waals surface area contributed by atoms with E-state index in [1.807, 2.05) is 35.0 Å². The fourth-order valence-corrected chi connectivity index (χ4v) is 5.00. The zero-order chi connectivity index (χ0) is 25.2. The fraction of sp³-hybridized carbons (Fsp3) is 0.407. The Morgan fingerprint density at radius 3 is 2.81 bits per heavy atom. The number of aryl methyl sites for hydroxylation is 1. The molecule has 0 amide bonds. The first kappa shape index (κ1) is 23.6. The quantitative estimate of drug-likeness (QED) is 0.372. The molecule has 2 aliphatic heterocycles. The smallest absolute Gasteiger partial charge is 0.252 e. The molecule has 0 saturated carbocycles. The molecule has 10 nitrogen and oxygen atoms in total. The van der Waals surface area contributed by atoms with Gasteiger partial charge in [-0.05, 0) is 76.5 Å². The Hall–Kier alpha value is -3.76. The van der Waals surface area contributed by atoms with E-state index >= 15 is 0 Å². The third kappa shape index (κ3) is 5.21. The first-order valence-corrected chi connectivity index (χ1v) is 12.8. The lowest BCUT2D eigenvalue weighted by Gasteiger charge is -2.22. The third-order valence-electron chi connectivity index (χ3n) is 7.00. The highest BCUT2D eigenvalue weighted by Crippen LogP contribution is 2.33. The zero-order valence-corrected chi connectivity index (χ0v) is 20.9. The number of hydrogen-bond acceptors (Lipinski definition) is 8. The minimum absolute atomic E-state index is 0.0913. The van der Waals surface area contributed by atoms with Crippen LogP contribution in [0.25, 0.3) is 10.9 Å². The van der Waals surface area contributed by atoms with Gasteiger partial charge in [0.25, 0.3) is 5.56 Å². The van der Waals surface area contributed by atoms with Crippen molar-refractivity contribution in [1.82, 2.24) is 30.1 Å². The Kier molecular flexibility index (Phi) is 6.58. The molecule has 192 valence electrons. The van der Waals surface area contributed by atoms with Crippen LogP contribution in [0.3, 0.4) is 0 Å². The summed E-state index contributed by atoms with van der Waals surface area (Å²) >= 11 is 0. The lowest BCUT2D eigenvalue weighted by Crippen LogP contribution is -2.29. The number of aromatic nitrogens is 5. The normalized spacial score (nSPS) is 16.8. The van der Waals surface area contributed by atoms with E-state index in [9.17, 15) is 4.79 Å². The van der Waals surface area contributed by atoms with E-state index in [0.29, 0.717) is 31.7 Å². The summed E-state index contributed by atoms with van der Waals surface area (Å²) in [5, 5.41) is 13.5. The number of benzene rings is 2. The number of nitrogens with zero attached hydrogens (tertiary/aromatic N) is 5. The van der Waals surface area contributed by atoms with Gasteiger partial charge >= 0.3 is 0 Å². The van der Waals surface area contributed by atoms with Crippen LogP contribution in [0.1, 0.15) is 42.3 Å². The molecule has 37 heavy (non-hydrogen) atoms. The predicted molar refractivity (Wildman–Crippen MR) is 136 cm³/mol. The molecule has 2 aromatic heterocycles. The summed E-state index contributed by atoms with van der Waals surface area (Å²) in [6, 6.07) is 14.1. The van der Waals surface area contributed by atoms with Gasteiger partial charge in [-0.3, -0.25) is 9.69 Å². The summed E-state index contributed by atoms with van der Waals surface area (Å²) in [5.41, 5.74) is 3.73. The number of rotatable bonds is 9. The second kappa shape index (κ2) is 10.3. The number of pyridine rings is 1. The molecule has 6 rings (SSSR count). The van der Waals surface area contributed by atoms with Gasteiger partial charge in [-0.2, -0.15) is 0 Å². The number of nitrogens with one attached hydrogen (secondary N) is 1. The summed E-state index contributed by atoms with van der Waals surface area (Å²) in [5.74, 6) is 2.21. The molecule has 10 heteroatoms. The Morgan fingerprint density at radius 2 is 1.95 bits per heavy atom. The topological polar surface area (TPSA) is 107 Å².